The lowest BCUT2D eigenvalue weighted by atomic mass is 10.0. The van der Waals surface area contributed by atoms with Gasteiger partial charge >= 0.3 is 6.03 Å². The van der Waals surface area contributed by atoms with E-state index in [9.17, 15) is 9.90 Å². The van der Waals surface area contributed by atoms with Crippen molar-refractivity contribution in [3.63, 3.8) is 0 Å². The number of hydrogen-bond acceptors (Lipinski definition) is 4. The van der Waals surface area contributed by atoms with E-state index in [1.165, 1.54) is 6.26 Å². The first-order valence-electron chi connectivity index (χ1n) is 7.51. The molecule has 0 saturated heterocycles. The van der Waals surface area contributed by atoms with Crippen molar-refractivity contribution < 1.29 is 19.1 Å². The zero-order chi connectivity index (χ0) is 16.7. The summed E-state index contributed by atoms with van der Waals surface area (Å²) in [5, 5.41) is 15.6. The molecule has 1 aromatic carbocycles. The molecule has 3 N–H and O–H groups in total. The summed E-state index contributed by atoms with van der Waals surface area (Å²) in [5.41, 5.74) is -0.320. The van der Waals surface area contributed by atoms with Gasteiger partial charge < -0.3 is 24.9 Å². The SMILES string of the molecule is CCOc1cccc(CNC(=O)NCC(C)(O)c2ccco2)c1. The molecule has 1 unspecified atom stereocenters. The topological polar surface area (TPSA) is 83.7 Å². The third-order valence-electron chi connectivity index (χ3n) is 3.31. The highest BCUT2D eigenvalue weighted by molar-refractivity contribution is 5.73. The van der Waals surface area contributed by atoms with Gasteiger partial charge in [0.2, 0.25) is 0 Å². The maximum atomic E-state index is 11.8. The van der Waals surface area contributed by atoms with Crippen LogP contribution in [0.2, 0.25) is 0 Å². The van der Waals surface area contributed by atoms with Crippen LogP contribution in [-0.4, -0.2) is 24.3 Å². The van der Waals surface area contributed by atoms with Crippen LogP contribution in [0.3, 0.4) is 0 Å². The fourth-order valence-electron chi connectivity index (χ4n) is 2.08. The molecule has 124 valence electrons. The minimum atomic E-state index is -1.25. The Balaban J connectivity index is 1.80. The third kappa shape index (κ3) is 5.03. The monoisotopic (exact) mass is 318 g/mol. The predicted molar refractivity (Wildman–Crippen MR) is 86.1 cm³/mol. The van der Waals surface area contributed by atoms with E-state index in [0.29, 0.717) is 18.9 Å². The van der Waals surface area contributed by atoms with E-state index in [1.807, 2.05) is 31.2 Å². The fourth-order valence-corrected chi connectivity index (χ4v) is 2.08. The van der Waals surface area contributed by atoms with Crippen molar-refractivity contribution >= 4 is 6.03 Å². The van der Waals surface area contributed by atoms with E-state index in [0.717, 1.165) is 11.3 Å². The first kappa shape index (κ1) is 16.9. The number of urea groups is 1. The summed E-state index contributed by atoms with van der Waals surface area (Å²) in [5.74, 6) is 1.18. The number of aliphatic hydroxyl groups is 1. The second-order valence-corrected chi connectivity index (χ2v) is 5.37. The Kier molecular flexibility index (Phi) is 5.65. The Labute approximate surface area is 135 Å². The van der Waals surface area contributed by atoms with Crippen LogP contribution in [0.5, 0.6) is 5.75 Å². The van der Waals surface area contributed by atoms with Crippen molar-refractivity contribution in [2.24, 2.45) is 0 Å². The number of amides is 2. The van der Waals surface area contributed by atoms with Crippen molar-refractivity contribution in [1.29, 1.82) is 0 Å². The minimum absolute atomic E-state index is 0.0470. The van der Waals surface area contributed by atoms with Gasteiger partial charge in [0, 0.05) is 6.54 Å². The number of carbonyl (C=O) groups excluding carboxylic acids is 1. The van der Waals surface area contributed by atoms with Crippen LogP contribution < -0.4 is 15.4 Å². The molecule has 0 bridgehead atoms. The molecule has 23 heavy (non-hydrogen) atoms. The second kappa shape index (κ2) is 7.69. The number of nitrogens with one attached hydrogen (secondary N) is 2. The minimum Gasteiger partial charge on any atom is -0.494 e. The number of benzene rings is 1. The first-order valence-corrected chi connectivity index (χ1v) is 7.51. The number of ether oxygens (including phenoxy) is 1. The van der Waals surface area contributed by atoms with Gasteiger partial charge in [-0.15, -0.1) is 0 Å². The second-order valence-electron chi connectivity index (χ2n) is 5.37. The third-order valence-corrected chi connectivity index (χ3v) is 3.31. The molecule has 0 spiro atoms. The largest absolute Gasteiger partial charge is 0.494 e. The highest BCUT2D eigenvalue weighted by Gasteiger charge is 2.26. The Bertz CT molecular complexity index is 623. The predicted octanol–water partition coefficient (Wildman–Crippen LogP) is 2.39. The van der Waals surface area contributed by atoms with Crippen LogP contribution in [0.4, 0.5) is 4.79 Å². The summed E-state index contributed by atoms with van der Waals surface area (Å²) < 4.78 is 10.6. The van der Waals surface area contributed by atoms with E-state index >= 15 is 0 Å². The van der Waals surface area contributed by atoms with Gasteiger partial charge in [-0.25, -0.2) is 4.79 Å². The van der Waals surface area contributed by atoms with E-state index in [2.05, 4.69) is 10.6 Å². The molecule has 0 saturated carbocycles. The Morgan fingerprint density at radius 1 is 1.30 bits per heavy atom. The summed E-state index contributed by atoms with van der Waals surface area (Å²) in [6, 6.07) is 10.5. The van der Waals surface area contributed by atoms with Crippen LogP contribution in [-0.2, 0) is 12.1 Å². The molecule has 6 nitrogen and oxygen atoms in total. The zero-order valence-electron chi connectivity index (χ0n) is 13.3. The molecular weight excluding hydrogens is 296 g/mol. The van der Waals surface area contributed by atoms with Gasteiger partial charge in [0.25, 0.3) is 0 Å². The van der Waals surface area contributed by atoms with Gasteiger partial charge in [-0.2, -0.15) is 0 Å². The summed E-state index contributed by atoms with van der Waals surface area (Å²) in [7, 11) is 0. The standard InChI is InChI=1S/C17H22N2O4/c1-3-22-14-7-4-6-13(10-14)11-18-16(20)19-12-17(2,21)15-8-5-9-23-15/h4-10,21H,3,11-12H2,1-2H3,(H2,18,19,20). The first-order chi connectivity index (χ1) is 11.0. The quantitative estimate of drug-likeness (QED) is 0.732. The molecule has 0 fully saturated rings. The fraction of sp³-hybridized carbons (Fsp3) is 0.353. The molecule has 1 aromatic heterocycles. The maximum absolute atomic E-state index is 11.8. The van der Waals surface area contributed by atoms with E-state index < -0.39 is 5.60 Å². The lowest BCUT2D eigenvalue weighted by molar-refractivity contribution is 0.0367. The smallest absolute Gasteiger partial charge is 0.315 e. The molecule has 1 heterocycles. The van der Waals surface area contributed by atoms with Gasteiger partial charge in [0.1, 0.15) is 17.1 Å². The van der Waals surface area contributed by atoms with Gasteiger partial charge in [-0.1, -0.05) is 12.1 Å². The lowest BCUT2D eigenvalue weighted by Gasteiger charge is -2.21. The highest BCUT2D eigenvalue weighted by Crippen LogP contribution is 2.19. The van der Waals surface area contributed by atoms with Crippen molar-refractivity contribution in [3.8, 4) is 5.75 Å². The zero-order valence-corrected chi connectivity index (χ0v) is 13.3. The van der Waals surface area contributed by atoms with Crippen LogP contribution in [0.15, 0.2) is 47.1 Å². The number of carbonyl (C=O) groups is 1. The highest BCUT2D eigenvalue weighted by atomic mass is 16.5. The van der Waals surface area contributed by atoms with Crippen molar-refractivity contribution in [2.75, 3.05) is 13.2 Å². The Morgan fingerprint density at radius 3 is 2.83 bits per heavy atom. The molecule has 2 rings (SSSR count). The molecule has 0 aliphatic rings. The number of hydrogen-bond donors (Lipinski definition) is 3. The van der Waals surface area contributed by atoms with Crippen LogP contribution >= 0.6 is 0 Å². The van der Waals surface area contributed by atoms with Crippen LogP contribution in [0.25, 0.3) is 0 Å². The van der Waals surface area contributed by atoms with Gasteiger partial charge in [0.05, 0.1) is 19.4 Å². The van der Waals surface area contributed by atoms with Gasteiger partial charge in [0.15, 0.2) is 0 Å². The molecule has 6 heteroatoms. The van der Waals surface area contributed by atoms with E-state index in [1.54, 1.807) is 19.1 Å². The van der Waals surface area contributed by atoms with Crippen molar-refractivity contribution in [3.05, 3.63) is 54.0 Å². The lowest BCUT2D eigenvalue weighted by Crippen LogP contribution is -2.43. The maximum Gasteiger partial charge on any atom is 0.315 e. The Morgan fingerprint density at radius 2 is 2.13 bits per heavy atom. The summed E-state index contributed by atoms with van der Waals surface area (Å²) in [6.45, 7) is 4.52. The van der Waals surface area contributed by atoms with Gasteiger partial charge in [-0.05, 0) is 43.7 Å². The van der Waals surface area contributed by atoms with Gasteiger partial charge in [-0.3, -0.25) is 0 Å². The average Bonchev–Trinajstić information content (AvgIpc) is 3.07. The molecular formula is C17H22N2O4. The molecule has 0 aliphatic heterocycles. The van der Waals surface area contributed by atoms with E-state index in [4.69, 9.17) is 9.15 Å². The van der Waals surface area contributed by atoms with Crippen molar-refractivity contribution in [1.82, 2.24) is 10.6 Å². The number of furan rings is 1. The molecule has 0 radical (unpaired) electrons. The van der Waals surface area contributed by atoms with E-state index in [-0.39, 0.29) is 12.6 Å². The average molecular weight is 318 g/mol. The number of rotatable bonds is 7. The molecule has 0 aliphatic carbocycles. The van der Waals surface area contributed by atoms with Crippen LogP contribution in [0.1, 0.15) is 25.2 Å². The molecule has 2 aromatic rings. The van der Waals surface area contributed by atoms with Crippen molar-refractivity contribution in [2.45, 2.75) is 26.0 Å². The normalized spacial score (nSPS) is 13.2. The summed E-state index contributed by atoms with van der Waals surface area (Å²) >= 11 is 0. The molecule has 2 amide bonds. The summed E-state index contributed by atoms with van der Waals surface area (Å²) in [4.78, 5) is 11.8. The summed E-state index contributed by atoms with van der Waals surface area (Å²) in [6.07, 6.45) is 1.48. The Hall–Kier alpha value is -2.47. The molecule has 1 atom stereocenters. The van der Waals surface area contributed by atoms with Crippen LogP contribution in [0, 0.1) is 0 Å².